The van der Waals surface area contributed by atoms with E-state index in [-0.39, 0.29) is 28.7 Å². The van der Waals surface area contributed by atoms with Crippen molar-refractivity contribution in [2.75, 3.05) is 10.2 Å². The standard InChI is InChI=1S/C36H29N3O5/c1-2-7-22-12-14-24(15-13-22)33(40)31-32(34(41)25-16-19-26(20-17-25)39(43)44)38-29-11-6-3-8-23(29)18-21-30(38)36(31)27-9-4-5-10-28(27)37-35(36)42/h3-6,8-21,30-32H,2,7H2,1H3,(H,37,42)/t30-,31+,32-,36+/m1/s1. The molecule has 0 saturated carbocycles. The molecule has 0 aliphatic carbocycles. The number of nitro groups is 1. The van der Waals surface area contributed by atoms with Crippen LogP contribution in [0.4, 0.5) is 17.1 Å². The Bertz CT molecular complexity index is 1860. The van der Waals surface area contributed by atoms with Crippen LogP contribution in [0.2, 0.25) is 0 Å². The maximum Gasteiger partial charge on any atom is 0.269 e. The Morgan fingerprint density at radius 1 is 0.886 bits per heavy atom. The second kappa shape index (κ2) is 10.4. The Kier molecular flexibility index (Phi) is 6.50. The first kappa shape index (κ1) is 27.5. The first-order valence-corrected chi connectivity index (χ1v) is 14.7. The van der Waals surface area contributed by atoms with E-state index >= 15 is 0 Å². The Morgan fingerprint density at radius 2 is 1.55 bits per heavy atom. The number of fused-ring (bicyclic) bond motifs is 6. The lowest BCUT2D eigenvalue weighted by Gasteiger charge is -2.37. The van der Waals surface area contributed by atoms with Crippen molar-refractivity contribution in [3.63, 3.8) is 0 Å². The van der Waals surface area contributed by atoms with E-state index in [0.29, 0.717) is 16.8 Å². The van der Waals surface area contributed by atoms with Gasteiger partial charge in [-0.15, -0.1) is 0 Å². The number of nitrogens with one attached hydrogen (secondary N) is 1. The summed E-state index contributed by atoms with van der Waals surface area (Å²) in [6, 6.07) is 26.1. The van der Waals surface area contributed by atoms with Gasteiger partial charge in [0, 0.05) is 34.6 Å². The third kappa shape index (κ3) is 3.94. The summed E-state index contributed by atoms with van der Waals surface area (Å²) >= 11 is 0. The molecular weight excluding hydrogens is 554 g/mol. The van der Waals surface area contributed by atoms with Crippen LogP contribution in [0.25, 0.3) is 6.08 Å². The number of Topliss-reactive ketones (excluding diaryl/α,β-unsaturated/α-hetero) is 2. The number of non-ortho nitro benzene ring substituents is 1. The number of ketones is 2. The fourth-order valence-corrected chi connectivity index (χ4v) is 7.34. The third-order valence-corrected chi connectivity index (χ3v) is 9.23. The highest BCUT2D eigenvalue weighted by atomic mass is 16.6. The summed E-state index contributed by atoms with van der Waals surface area (Å²) < 4.78 is 0. The van der Waals surface area contributed by atoms with E-state index in [1.807, 2.05) is 77.7 Å². The summed E-state index contributed by atoms with van der Waals surface area (Å²) in [4.78, 5) is 56.8. The predicted molar refractivity (Wildman–Crippen MR) is 168 cm³/mol. The van der Waals surface area contributed by atoms with Crippen LogP contribution in [0.3, 0.4) is 0 Å². The van der Waals surface area contributed by atoms with Crippen molar-refractivity contribution < 1.29 is 19.3 Å². The molecular formula is C36H29N3O5. The fourth-order valence-electron chi connectivity index (χ4n) is 7.34. The van der Waals surface area contributed by atoms with Crippen LogP contribution in [0.1, 0.15) is 50.8 Å². The SMILES string of the molecule is CCCc1ccc(C(=O)[C@@H]2[C@H](C(=O)c3ccc([N+](=O)[O-])cc3)N3c4ccccc4C=C[C@@H]3[C@]23C(=O)Nc2ccccc23)cc1. The number of nitro benzene ring substituents is 1. The minimum Gasteiger partial charge on any atom is -0.352 e. The van der Waals surface area contributed by atoms with E-state index < -0.39 is 28.3 Å². The zero-order valence-corrected chi connectivity index (χ0v) is 24.0. The van der Waals surface area contributed by atoms with E-state index in [1.165, 1.54) is 24.3 Å². The van der Waals surface area contributed by atoms with Gasteiger partial charge in [0.25, 0.3) is 5.69 Å². The first-order valence-electron chi connectivity index (χ1n) is 14.7. The number of anilines is 2. The Hall–Kier alpha value is -5.37. The molecule has 1 saturated heterocycles. The maximum atomic E-state index is 14.9. The van der Waals surface area contributed by atoms with Crippen molar-refractivity contribution >= 4 is 40.6 Å². The van der Waals surface area contributed by atoms with Crippen molar-refractivity contribution in [3.8, 4) is 0 Å². The number of para-hydroxylation sites is 2. The summed E-state index contributed by atoms with van der Waals surface area (Å²) in [5, 5.41) is 14.4. The molecule has 218 valence electrons. The third-order valence-electron chi connectivity index (χ3n) is 9.23. The second-order valence-electron chi connectivity index (χ2n) is 11.5. The van der Waals surface area contributed by atoms with Gasteiger partial charge in [-0.2, -0.15) is 0 Å². The molecule has 0 aromatic heterocycles. The molecule has 3 heterocycles. The molecule has 44 heavy (non-hydrogen) atoms. The van der Waals surface area contributed by atoms with Crippen LogP contribution in [-0.2, 0) is 16.6 Å². The number of aryl methyl sites for hydroxylation is 1. The lowest BCUT2D eigenvalue weighted by Crippen LogP contribution is -2.51. The zero-order chi connectivity index (χ0) is 30.6. The molecule has 3 aliphatic heterocycles. The van der Waals surface area contributed by atoms with Gasteiger partial charge in [-0.05, 0) is 47.4 Å². The summed E-state index contributed by atoms with van der Waals surface area (Å²) in [6.07, 6.45) is 5.71. The van der Waals surface area contributed by atoms with Crippen molar-refractivity contribution in [2.45, 2.75) is 37.3 Å². The molecule has 4 aromatic carbocycles. The van der Waals surface area contributed by atoms with Crippen molar-refractivity contribution in [3.05, 3.63) is 141 Å². The van der Waals surface area contributed by atoms with Crippen LogP contribution in [0.5, 0.6) is 0 Å². The zero-order valence-electron chi connectivity index (χ0n) is 24.0. The van der Waals surface area contributed by atoms with Crippen molar-refractivity contribution in [1.29, 1.82) is 0 Å². The lowest BCUT2D eigenvalue weighted by molar-refractivity contribution is -0.384. The minimum atomic E-state index is -1.42. The molecule has 1 fully saturated rings. The highest BCUT2D eigenvalue weighted by Gasteiger charge is 2.70. The Morgan fingerprint density at radius 3 is 2.27 bits per heavy atom. The molecule has 8 nitrogen and oxygen atoms in total. The topological polar surface area (TPSA) is 110 Å². The van der Waals surface area contributed by atoms with E-state index in [2.05, 4.69) is 12.2 Å². The molecule has 1 N–H and O–H groups in total. The Balaban J connectivity index is 1.48. The van der Waals surface area contributed by atoms with Gasteiger partial charge in [-0.1, -0.05) is 86.2 Å². The van der Waals surface area contributed by atoms with Crippen molar-refractivity contribution in [2.24, 2.45) is 5.92 Å². The molecule has 1 spiro atoms. The van der Waals surface area contributed by atoms with E-state index in [0.717, 1.165) is 29.7 Å². The van der Waals surface area contributed by atoms with Crippen LogP contribution in [0, 0.1) is 16.0 Å². The van der Waals surface area contributed by atoms with Crippen molar-refractivity contribution in [1.82, 2.24) is 0 Å². The number of nitrogens with zero attached hydrogens (tertiary/aromatic N) is 2. The molecule has 0 unspecified atom stereocenters. The van der Waals surface area contributed by atoms with Gasteiger partial charge in [0.05, 0.1) is 16.9 Å². The number of carbonyl (C=O) groups is 3. The van der Waals surface area contributed by atoms with Gasteiger partial charge in [0.15, 0.2) is 11.6 Å². The molecule has 8 heteroatoms. The largest absolute Gasteiger partial charge is 0.352 e. The average molecular weight is 584 g/mol. The minimum absolute atomic E-state index is 0.141. The molecule has 0 bridgehead atoms. The van der Waals surface area contributed by atoms with Gasteiger partial charge in [0.2, 0.25) is 5.91 Å². The summed E-state index contributed by atoms with van der Waals surface area (Å²) in [5.41, 5.74) is 3.08. The highest BCUT2D eigenvalue weighted by Crippen LogP contribution is 2.58. The van der Waals surface area contributed by atoms with Crippen LogP contribution in [-0.4, -0.2) is 34.5 Å². The first-order chi connectivity index (χ1) is 21.4. The second-order valence-corrected chi connectivity index (χ2v) is 11.5. The fraction of sp³-hybridized carbons (Fsp3) is 0.194. The molecule has 0 radical (unpaired) electrons. The molecule has 4 atom stereocenters. The predicted octanol–water partition coefficient (Wildman–Crippen LogP) is 6.40. The molecule has 1 amide bonds. The van der Waals surface area contributed by atoms with E-state index in [4.69, 9.17) is 0 Å². The number of carbonyl (C=O) groups excluding carboxylic acids is 3. The van der Waals surface area contributed by atoms with Gasteiger partial charge < -0.3 is 10.2 Å². The number of hydrogen-bond donors (Lipinski definition) is 1. The van der Waals surface area contributed by atoms with Gasteiger partial charge >= 0.3 is 0 Å². The van der Waals surface area contributed by atoms with Crippen LogP contribution >= 0.6 is 0 Å². The van der Waals surface area contributed by atoms with Gasteiger partial charge in [-0.3, -0.25) is 24.5 Å². The average Bonchev–Trinajstić information content (AvgIpc) is 3.53. The Labute approximate surface area is 254 Å². The van der Waals surface area contributed by atoms with Gasteiger partial charge in [-0.25, -0.2) is 0 Å². The number of hydrogen-bond acceptors (Lipinski definition) is 6. The van der Waals surface area contributed by atoms with E-state index in [1.54, 1.807) is 12.1 Å². The normalized spacial score (nSPS) is 22.7. The van der Waals surface area contributed by atoms with Crippen LogP contribution < -0.4 is 10.2 Å². The summed E-state index contributed by atoms with van der Waals surface area (Å²) in [5.74, 6) is -2.13. The maximum absolute atomic E-state index is 14.9. The quantitative estimate of drug-likeness (QED) is 0.153. The van der Waals surface area contributed by atoms with E-state index in [9.17, 15) is 24.5 Å². The summed E-state index contributed by atoms with van der Waals surface area (Å²) in [6.45, 7) is 2.09. The highest BCUT2D eigenvalue weighted by molar-refractivity contribution is 6.18. The lowest BCUT2D eigenvalue weighted by atomic mass is 9.64. The smallest absolute Gasteiger partial charge is 0.269 e. The van der Waals surface area contributed by atoms with Gasteiger partial charge in [0.1, 0.15) is 11.5 Å². The monoisotopic (exact) mass is 583 g/mol. The molecule has 3 aliphatic rings. The van der Waals surface area contributed by atoms with Crippen LogP contribution in [0.15, 0.2) is 103 Å². The number of rotatable bonds is 7. The molecule has 7 rings (SSSR count). The number of benzene rings is 4. The number of amides is 1. The summed E-state index contributed by atoms with van der Waals surface area (Å²) in [7, 11) is 0. The molecule has 4 aromatic rings.